The van der Waals surface area contributed by atoms with Crippen LogP contribution in [0.2, 0.25) is 0 Å². The summed E-state index contributed by atoms with van der Waals surface area (Å²) in [6, 6.07) is 3.44. The molecule has 0 aliphatic heterocycles. The first-order chi connectivity index (χ1) is 9.58. The SMILES string of the molecule is CCOc1cc(C2(C(=O)O)CCC2)c(OC)cc1OC. The van der Waals surface area contributed by atoms with Crippen LogP contribution in [0.5, 0.6) is 17.2 Å². The molecule has 0 atom stereocenters. The fraction of sp³-hybridized carbons (Fsp3) is 0.533. The van der Waals surface area contributed by atoms with E-state index in [1.54, 1.807) is 19.2 Å². The molecule has 0 heterocycles. The first-order valence-corrected chi connectivity index (χ1v) is 6.71. The molecule has 0 spiro atoms. The maximum atomic E-state index is 11.7. The van der Waals surface area contributed by atoms with Crippen molar-refractivity contribution < 1.29 is 24.1 Å². The molecule has 1 aromatic rings. The van der Waals surface area contributed by atoms with Gasteiger partial charge < -0.3 is 19.3 Å². The van der Waals surface area contributed by atoms with Crippen LogP contribution in [0.15, 0.2) is 12.1 Å². The largest absolute Gasteiger partial charge is 0.496 e. The van der Waals surface area contributed by atoms with Crippen molar-refractivity contribution in [2.24, 2.45) is 0 Å². The number of carboxylic acids is 1. The number of carboxylic acid groups (broad SMARTS) is 1. The Morgan fingerprint density at radius 1 is 1.20 bits per heavy atom. The number of hydrogen-bond donors (Lipinski definition) is 1. The molecule has 110 valence electrons. The summed E-state index contributed by atoms with van der Waals surface area (Å²) in [5.41, 5.74) is -0.188. The van der Waals surface area contributed by atoms with Gasteiger partial charge in [0.25, 0.3) is 0 Å². The van der Waals surface area contributed by atoms with Crippen LogP contribution in [0.4, 0.5) is 0 Å². The zero-order valence-electron chi connectivity index (χ0n) is 12.1. The molecule has 0 aromatic heterocycles. The molecule has 0 amide bonds. The maximum Gasteiger partial charge on any atom is 0.314 e. The second kappa shape index (κ2) is 5.61. The van der Waals surface area contributed by atoms with E-state index in [0.29, 0.717) is 42.3 Å². The zero-order chi connectivity index (χ0) is 14.8. The second-order valence-corrected chi connectivity index (χ2v) is 4.88. The molecule has 0 radical (unpaired) electrons. The Bertz CT molecular complexity index is 505. The summed E-state index contributed by atoms with van der Waals surface area (Å²) in [5.74, 6) is 0.827. The molecule has 0 saturated heterocycles. The molecule has 1 fully saturated rings. The van der Waals surface area contributed by atoms with Crippen molar-refractivity contribution in [2.75, 3.05) is 20.8 Å². The summed E-state index contributed by atoms with van der Waals surface area (Å²) in [7, 11) is 3.08. The normalized spacial score (nSPS) is 16.1. The lowest BCUT2D eigenvalue weighted by Gasteiger charge is -2.39. The van der Waals surface area contributed by atoms with Gasteiger partial charge in [-0.15, -0.1) is 0 Å². The Balaban J connectivity index is 2.56. The van der Waals surface area contributed by atoms with E-state index in [-0.39, 0.29) is 0 Å². The van der Waals surface area contributed by atoms with Gasteiger partial charge in [-0.1, -0.05) is 6.42 Å². The predicted molar refractivity (Wildman–Crippen MR) is 73.9 cm³/mol. The van der Waals surface area contributed by atoms with E-state index in [4.69, 9.17) is 14.2 Å². The fourth-order valence-electron chi connectivity index (χ4n) is 2.64. The number of carbonyl (C=O) groups is 1. The third-order valence-corrected chi connectivity index (χ3v) is 3.92. The number of methoxy groups -OCH3 is 2. The monoisotopic (exact) mass is 280 g/mol. The van der Waals surface area contributed by atoms with E-state index in [1.165, 1.54) is 7.11 Å². The van der Waals surface area contributed by atoms with Crippen molar-refractivity contribution in [3.63, 3.8) is 0 Å². The molecule has 0 bridgehead atoms. The lowest BCUT2D eigenvalue weighted by atomic mass is 9.64. The highest BCUT2D eigenvalue weighted by molar-refractivity contribution is 5.84. The van der Waals surface area contributed by atoms with Gasteiger partial charge in [0.05, 0.1) is 26.2 Å². The average Bonchev–Trinajstić information content (AvgIpc) is 2.37. The third-order valence-electron chi connectivity index (χ3n) is 3.92. The Morgan fingerprint density at radius 3 is 2.25 bits per heavy atom. The van der Waals surface area contributed by atoms with Gasteiger partial charge in [0.1, 0.15) is 5.75 Å². The minimum absolute atomic E-state index is 0.488. The molecule has 20 heavy (non-hydrogen) atoms. The fourth-order valence-corrected chi connectivity index (χ4v) is 2.64. The molecular weight excluding hydrogens is 260 g/mol. The van der Waals surface area contributed by atoms with Crippen LogP contribution in [0, 0.1) is 0 Å². The van der Waals surface area contributed by atoms with Crippen molar-refractivity contribution in [2.45, 2.75) is 31.6 Å². The number of aliphatic carboxylic acids is 1. The first kappa shape index (κ1) is 14.5. The highest BCUT2D eigenvalue weighted by Crippen LogP contribution is 2.50. The lowest BCUT2D eigenvalue weighted by Crippen LogP contribution is -2.42. The molecule has 1 aromatic carbocycles. The van der Waals surface area contributed by atoms with E-state index < -0.39 is 11.4 Å². The number of benzene rings is 1. The van der Waals surface area contributed by atoms with Crippen LogP contribution < -0.4 is 14.2 Å². The van der Waals surface area contributed by atoms with Crippen molar-refractivity contribution in [3.05, 3.63) is 17.7 Å². The van der Waals surface area contributed by atoms with E-state index >= 15 is 0 Å². The number of rotatable bonds is 6. The van der Waals surface area contributed by atoms with Crippen LogP contribution in [-0.2, 0) is 10.2 Å². The van der Waals surface area contributed by atoms with Gasteiger partial charge >= 0.3 is 5.97 Å². The summed E-state index contributed by atoms with van der Waals surface area (Å²) in [5, 5.41) is 9.58. The van der Waals surface area contributed by atoms with Gasteiger partial charge in [-0.2, -0.15) is 0 Å². The highest BCUT2D eigenvalue weighted by atomic mass is 16.5. The van der Waals surface area contributed by atoms with Crippen LogP contribution in [0.25, 0.3) is 0 Å². The number of hydrogen-bond acceptors (Lipinski definition) is 4. The molecular formula is C15H20O5. The molecule has 5 nitrogen and oxygen atoms in total. The van der Waals surface area contributed by atoms with Crippen molar-refractivity contribution >= 4 is 5.97 Å². The molecule has 1 aliphatic carbocycles. The highest BCUT2D eigenvalue weighted by Gasteiger charge is 2.48. The van der Waals surface area contributed by atoms with Crippen molar-refractivity contribution in [1.82, 2.24) is 0 Å². The maximum absolute atomic E-state index is 11.7. The smallest absolute Gasteiger partial charge is 0.314 e. The molecule has 5 heteroatoms. The van der Waals surface area contributed by atoms with Gasteiger partial charge in [-0.05, 0) is 25.8 Å². The summed E-state index contributed by atoms with van der Waals surface area (Å²) in [4.78, 5) is 11.7. The topological polar surface area (TPSA) is 65.0 Å². The standard InChI is InChI=1S/C15H20O5/c1-4-20-13-8-10(11(18-2)9-12(13)19-3)15(14(16)17)6-5-7-15/h8-9H,4-7H2,1-3H3,(H,16,17). The van der Waals surface area contributed by atoms with Crippen molar-refractivity contribution in [3.8, 4) is 17.2 Å². The lowest BCUT2D eigenvalue weighted by molar-refractivity contribution is -0.147. The van der Waals surface area contributed by atoms with Crippen LogP contribution >= 0.6 is 0 Å². The van der Waals surface area contributed by atoms with Crippen LogP contribution in [-0.4, -0.2) is 31.9 Å². The Labute approximate surface area is 118 Å². The molecule has 1 saturated carbocycles. The zero-order valence-corrected chi connectivity index (χ0v) is 12.1. The first-order valence-electron chi connectivity index (χ1n) is 6.71. The quantitative estimate of drug-likeness (QED) is 0.867. The second-order valence-electron chi connectivity index (χ2n) is 4.88. The number of ether oxygens (including phenoxy) is 3. The van der Waals surface area contributed by atoms with Gasteiger partial charge in [0.2, 0.25) is 0 Å². The van der Waals surface area contributed by atoms with Crippen molar-refractivity contribution in [1.29, 1.82) is 0 Å². The Kier molecular flexibility index (Phi) is 4.06. The molecule has 1 N–H and O–H groups in total. The van der Waals surface area contributed by atoms with Gasteiger partial charge in [0, 0.05) is 11.6 Å². The molecule has 1 aliphatic rings. The van der Waals surface area contributed by atoms with E-state index in [2.05, 4.69) is 0 Å². The summed E-state index contributed by atoms with van der Waals surface area (Å²) >= 11 is 0. The summed E-state index contributed by atoms with van der Waals surface area (Å²) in [6.07, 6.45) is 2.15. The molecule has 2 rings (SSSR count). The third kappa shape index (κ3) is 2.17. The summed E-state index contributed by atoms with van der Waals surface area (Å²) < 4.78 is 16.2. The van der Waals surface area contributed by atoms with E-state index in [9.17, 15) is 9.90 Å². The van der Waals surface area contributed by atoms with Crippen LogP contribution in [0.3, 0.4) is 0 Å². The Hall–Kier alpha value is -1.91. The van der Waals surface area contributed by atoms with E-state index in [0.717, 1.165) is 6.42 Å². The predicted octanol–water partition coefficient (Wildman–Crippen LogP) is 2.61. The van der Waals surface area contributed by atoms with Gasteiger partial charge in [-0.25, -0.2) is 0 Å². The minimum Gasteiger partial charge on any atom is -0.496 e. The molecule has 0 unspecified atom stereocenters. The average molecular weight is 280 g/mol. The van der Waals surface area contributed by atoms with Gasteiger partial charge in [-0.3, -0.25) is 4.79 Å². The Morgan fingerprint density at radius 2 is 1.85 bits per heavy atom. The van der Waals surface area contributed by atoms with E-state index in [1.807, 2.05) is 6.92 Å². The van der Waals surface area contributed by atoms with Gasteiger partial charge in [0.15, 0.2) is 11.5 Å². The minimum atomic E-state index is -0.858. The summed E-state index contributed by atoms with van der Waals surface area (Å²) in [6.45, 7) is 2.36. The van der Waals surface area contributed by atoms with Crippen LogP contribution in [0.1, 0.15) is 31.7 Å².